The molecule has 78 valence electrons. The summed E-state index contributed by atoms with van der Waals surface area (Å²) in [5, 5.41) is 0. The topological polar surface area (TPSA) is 26.3 Å². The zero-order chi connectivity index (χ0) is 10.5. The van der Waals surface area contributed by atoms with E-state index in [1.165, 1.54) is 6.08 Å². The van der Waals surface area contributed by atoms with Crippen LogP contribution in [0.5, 0.6) is 0 Å². The highest BCUT2D eigenvalue weighted by Crippen LogP contribution is 2.22. The highest BCUT2D eigenvalue weighted by atomic mass is 32.2. The van der Waals surface area contributed by atoms with E-state index < -0.39 is 22.7 Å². The second-order valence-corrected chi connectivity index (χ2v) is 3.46. The quantitative estimate of drug-likeness (QED) is 0.660. The molecule has 0 aromatic rings. The summed E-state index contributed by atoms with van der Waals surface area (Å²) in [5.74, 6) is 0. The lowest BCUT2D eigenvalue weighted by Gasteiger charge is -2.12. The molecule has 6 heteroatoms. The van der Waals surface area contributed by atoms with Crippen LogP contribution in [-0.2, 0) is 15.3 Å². The third kappa shape index (κ3) is 5.05. The molecule has 0 saturated heterocycles. The van der Waals surface area contributed by atoms with Crippen molar-refractivity contribution < 1.29 is 21.6 Å². The predicted octanol–water partition coefficient (Wildman–Crippen LogP) is 2.54. The molecule has 0 aliphatic carbocycles. The minimum atomic E-state index is -4.81. The van der Waals surface area contributed by atoms with Crippen LogP contribution in [0.1, 0.15) is 19.8 Å². The Balaban J connectivity index is 4.09. The van der Waals surface area contributed by atoms with E-state index in [0.29, 0.717) is 12.8 Å². The van der Waals surface area contributed by atoms with Crippen molar-refractivity contribution in [2.75, 3.05) is 0 Å². The van der Waals surface area contributed by atoms with Crippen LogP contribution in [0.25, 0.3) is 0 Å². The fourth-order valence-electron chi connectivity index (χ4n) is 0.657. The van der Waals surface area contributed by atoms with Gasteiger partial charge in [0.15, 0.2) is 0 Å². The number of rotatable bonds is 5. The molecular weight excluding hydrogens is 205 g/mol. The van der Waals surface area contributed by atoms with E-state index in [1.54, 1.807) is 6.92 Å². The molecule has 0 aromatic carbocycles. The minimum Gasteiger partial charge on any atom is -0.276 e. The maximum Gasteiger partial charge on any atom is 0.497 e. The molecule has 0 saturated carbocycles. The molecule has 13 heavy (non-hydrogen) atoms. The summed E-state index contributed by atoms with van der Waals surface area (Å²) in [5.41, 5.74) is -4.81. The second kappa shape index (κ2) is 5.39. The molecule has 0 rings (SSSR count). The van der Waals surface area contributed by atoms with Gasteiger partial charge in [0.25, 0.3) is 11.1 Å². The van der Waals surface area contributed by atoms with Crippen molar-refractivity contribution in [3.63, 3.8) is 0 Å². The summed E-state index contributed by atoms with van der Waals surface area (Å²) in [4.78, 5) is 0. The van der Waals surface area contributed by atoms with Crippen LogP contribution in [0.2, 0.25) is 0 Å². The van der Waals surface area contributed by atoms with E-state index in [-0.39, 0.29) is 0 Å². The highest BCUT2D eigenvalue weighted by molar-refractivity contribution is 7.81. The monoisotopic (exact) mass is 216 g/mol. The van der Waals surface area contributed by atoms with Crippen LogP contribution in [0.15, 0.2) is 12.7 Å². The first kappa shape index (κ1) is 12.6. The standard InChI is InChI=1S/C7H11F3O2S/c1-3-5-6(4-2)12-13(11)7(8,9)10/h4,6H,2-3,5H2,1H3. The van der Waals surface area contributed by atoms with Gasteiger partial charge >= 0.3 is 5.51 Å². The predicted molar refractivity (Wildman–Crippen MR) is 44.2 cm³/mol. The average Bonchev–Trinajstić information content (AvgIpc) is 2.01. The summed E-state index contributed by atoms with van der Waals surface area (Å²) >= 11 is -3.24. The first-order valence-corrected chi connectivity index (χ1v) is 4.77. The van der Waals surface area contributed by atoms with Crippen molar-refractivity contribution in [3.8, 4) is 0 Å². The van der Waals surface area contributed by atoms with E-state index >= 15 is 0 Å². The summed E-state index contributed by atoms with van der Waals surface area (Å²) in [6.07, 6.45) is 1.44. The summed E-state index contributed by atoms with van der Waals surface area (Å²) < 4.78 is 49.8. The van der Waals surface area contributed by atoms with Crippen LogP contribution < -0.4 is 0 Å². The lowest BCUT2D eigenvalue weighted by molar-refractivity contribution is -0.0489. The van der Waals surface area contributed by atoms with Gasteiger partial charge in [0.2, 0.25) is 0 Å². The molecule has 0 aromatic heterocycles. The lowest BCUT2D eigenvalue weighted by atomic mass is 10.2. The van der Waals surface area contributed by atoms with Gasteiger partial charge in [-0.15, -0.1) is 6.58 Å². The van der Waals surface area contributed by atoms with E-state index in [4.69, 9.17) is 0 Å². The van der Waals surface area contributed by atoms with Gasteiger partial charge in [0.05, 0.1) is 6.10 Å². The van der Waals surface area contributed by atoms with Gasteiger partial charge in [-0.05, 0) is 6.42 Å². The number of hydrogen-bond donors (Lipinski definition) is 0. The molecule has 0 aliphatic rings. The number of alkyl halides is 3. The maximum absolute atomic E-state index is 11.7. The van der Waals surface area contributed by atoms with E-state index in [0.717, 1.165) is 0 Å². The molecule has 0 amide bonds. The Hall–Kier alpha value is -0.360. The normalized spacial score (nSPS) is 16.6. The Morgan fingerprint density at radius 3 is 2.46 bits per heavy atom. The molecule has 2 nitrogen and oxygen atoms in total. The second-order valence-electron chi connectivity index (χ2n) is 2.34. The van der Waals surface area contributed by atoms with Crippen molar-refractivity contribution in [2.45, 2.75) is 31.4 Å². The summed E-state index contributed by atoms with van der Waals surface area (Å²) in [7, 11) is 0. The summed E-state index contributed by atoms with van der Waals surface area (Å²) in [6, 6.07) is 0. The Morgan fingerprint density at radius 2 is 2.15 bits per heavy atom. The van der Waals surface area contributed by atoms with Crippen molar-refractivity contribution in [2.24, 2.45) is 0 Å². The van der Waals surface area contributed by atoms with Crippen LogP contribution >= 0.6 is 0 Å². The van der Waals surface area contributed by atoms with Gasteiger partial charge in [0.1, 0.15) is 0 Å². The number of hydrogen-bond acceptors (Lipinski definition) is 2. The van der Waals surface area contributed by atoms with Gasteiger partial charge in [-0.3, -0.25) is 4.18 Å². The van der Waals surface area contributed by atoms with Crippen molar-refractivity contribution in [3.05, 3.63) is 12.7 Å². The molecule has 0 N–H and O–H groups in total. The molecule has 0 heterocycles. The van der Waals surface area contributed by atoms with Gasteiger partial charge < -0.3 is 0 Å². The Morgan fingerprint density at radius 1 is 1.62 bits per heavy atom. The smallest absolute Gasteiger partial charge is 0.276 e. The maximum atomic E-state index is 11.7. The SMILES string of the molecule is C=CC(CCC)OS(=O)C(F)(F)F. The first-order valence-electron chi connectivity index (χ1n) is 3.70. The fraction of sp³-hybridized carbons (Fsp3) is 0.714. The Kier molecular flexibility index (Phi) is 5.24. The zero-order valence-corrected chi connectivity index (χ0v) is 7.95. The van der Waals surface area contributed by atoms with Crippen LogP contribution in [0.4, 0.5) is 13.2 Å². The minimum absolute atomic E-state index is 0.380. The molecular formula is C7H11F3O2S. The van der Waals surface area contributed by atoms with E-state index in [1.807, 2.05) is 0 Å². The van der Waals surface area contributed by atoms with Crippen molar-refractivity contribution in [1.82, 2.24) is 0 Å². The van der Waals surface area contributed by atoms with E-state index in [9.17, 15) is 17.4 Å². The summed E-state index contributed by atoms with van der Waals surface area (Å²) in [6.45, 7) is 5.08. The molecule has 0 aliphatic heterocycles. The van der Waals surface area contributed by atoms with Crippen molar-refractivity contribution in [1.29, 1.82) is 0 Å². The highest BCUT2D eigenvalue weighted by Gasteiger charge is 2.39. The first-order chi connectivity index (χ1) is 5.91. The van der Waals surface area contributed by atoms with Gasteiger partial charge in [-0.2, -0.15) is 13.2 Å². The third-order valence-corrected chi connectivity index (χ3v) is 2.04. The fourth-order valence-corrected chi connectivity index (χ4v) is 1.16. The molecule has 0 radical (unpaired) electrons. The van der Waals surface area contributed by atoms with Crippen LogP contribution in [-0.4, -0.2) is 15.8 Å². The molecule has 2 unspecified atom stereocenters. The van der Waals surface area contributed by atoms with Crippen molar-refractivity contribution >= 4 is 11.1 Å². The largest absolute Gasteiger partial charge is 0.497 e. The Bertz CT molecular complexity index is 191. The molecule has 0 fully saturated rings. The van der Waals surface area contributed by atoms with Crippen LogP contribution in [0, 0.1) is 0 Å². The van der Waals surface area contributed by atoms with Gasteiger partial charge in [0, 0.05) is 0 Å². The molecule has 0 spiro atoms. The molecule has 2 atom stereocenters. The average molecular weight is 216 g/mol. The molecule has 0 bridgehead atoms. The van der Waals surface area contributed by atoms with E-state index in [2.05, 4.69) is 10.8 Å². The third-order valence-electron chi connectivity index (χ3n) is 1.24. The van der Waals surface area contributed by atoms with Gasteiger partial charge in [-0.25, -0.2) is 4.21 Å². The number of halogens is 3. The zero-order valence-electron chi connectivity index (χ0n) is 7.13. The van der Waals surface area contributed by atoms with Gasteiger partial charge in [-0.1, -0.05) is 19.4 Å². The van der Waals surface area contributed by atoms with Crippen LogP contribution in [0.3, 0.4) is 0 Å². The Labute approximate surface area is 77.4 Å². The lowest BCUT2D eigenvalue weighted by Crippen LogP contribution is -2.23.